The molecule has 0 saturated heterocycles. The fourth-order valence-corrected chi connectivity index (χ4v) is 2.84. The number of aromatic amines is 1. The Morgan fingerprint density at radius 2 is 2.00 bits per heavy atom. The Morgan fingerprint density at radius 3 is 2.83 bits per heavy atom. The summed E-state index contributed by atoms with van der Waals surface area (Å²) in [6.07, 6.45) is 4.58. The second kappa shape index (κ2) is 4.56. The van der Waals surface area contributed by atoms with Gasteiger partial charge < -0.3 is 0 Å². The van der Waals surface area contributed by atoms with Crippen molar-refractivity contribution in [2.75, 3.05) is 0 Å². The van der Waals surface area contributed by atoms with Gasteiger partial charge in [0.25, 0.3) is 0 Å². The van der Waals surface area contributed by atoms with Gasteiger partial charge in [0.15, 0.2) is 0 Å². The summed E-state index contributed by atoms with van der Waals surface area (Å²) in [5, 5.41) is 7.55. The molecule has 1 aliphatic rings. The minimum Gasteiger partial charge on any atom is -0.282 e. The van der Waals surface area contributed by atoms with Crippen molar-refractivity contribution in [2.24, 2.45) is 0 Å². The van der Waals surface area contributed by atoms with E-state index < -0.39 is 0 Å². The van der Waals surface area contributed by atoms with Gasteiger partial charge in [-0.2, -0.15) is 5.10 Å². The zero-order valence-corrected chi connectivity index (χ0v) is 10.5. The van der Waals surface area contributed by atoms with E-state index in [9.17, 15) is 4.39 Å². The molecule has 3 heteroatoms. The molecule has 0 fully saturated rings. The SMILES string of the molecule is CC(c1ccccc1F)c1n[nH]c2c1CCCC2. The number of benzene rings is 1. The maximum atomic E-state index is 13.8. The van der Waals surface area contributed by atoms with Crippen molar-refractivity contribution in [1.82, 2.24) is 10.2 Å². The summed E-state index contributed by atoms with van der Waals surface area (Å²) in [4.78, 5) is 0. The van der Waals surface area contributed by atoms with Gasteiger partial charge in [0.2, 0.25) is 0 Å². The number of nitrogens with one attached hydrogen (secondary N) is 1. The molecule has 1 heterocycles. The van der Waals surface area contributed by atoms with Gasteiger partial charge >= 0.3 is 0 Å². The molecule has 1 unspecified atom stereocenters. The van der Waals surface area contributed by atoms with Crippen LogP contribution in [0, 0.1) is 5.82 Å². The minimum atomic E-state index is -0.141. The first-order valence-electron chi connectivity index (χ1n) is 6.58. The normalized spacial score (nSPS) is 16.3. The van der Waals surface area contributed by atoms with Crippen LogP contribution in [-0.2, 0) is 12.8 Å². The number of aromatic nitrogens is 2. The maximum absolute atomic E-state index is 13.8. The smallest absolute Gasteiger partial charge is 0.127 e. The van der Waals surface area contributed by atoms with Crippen molar-refractivity contribution >= 4 is 0 Å². The molecule has 1 atom stereocenters. The average Bonchev–Trinajstić information content (AvgIpc) is 2.82. The number of nitrogens with zero attached hydrogens (tertiary/aromatic N) is 1. The summed E-state index contributed by atoms with van der Waals surface area (Å²) in [6.45, 7) is 2.03. The third-order valence-electron chi connectivity index (χ3n) is 3.87. The summed E-state index contributed by atoms with van der Waals surface area (Å²) >= 11 is 0. The number of fused-ring (bicyclic) bond motifs is 1. The Morgan fingerprint density at radius 1 is 1.22 bits per heavy atom. The predicted molar refractivity (Wildman–Crippen MR) is 69.1 cm³/mol. The topological polar surface area (TPSA) is 28.7 Å². The Balaban J connectivity index is 2.00. The third kappa shape index (κ3) is 1.84. The van der Waals surface area contributed by atoms with Crippen molar-refractivity contribution < 1.29 is 4.39 Å². The molecule has 1 N–H and O–H groups in total. The molecule has 0 radical (unpaired) electrons. The zero-order valence-electron chi connectivity index (χ0n) is 10.5. The molecule has 0 spiro atoms. The van der Waals surface area contributed by atoms with Gasteiger partial charge in [-0.1, -0.05) is 25.1 Å². The molecule has 2 aromatic rings. The van der Waals surface area contributed by atoms with Gasteiger partial charge in [0, 0.05) is 11.6 Å². The van der Waals surface area contributed by atoms with E-state index in [-0.39, 0.29) is 11.7 Å². The van der Waals surface area contributed by atoms with Gasteiger partial charge in [0.05, 0.1) is 5.69 Å². The lowest BCUT2D eigenvalue weighted by Gasteiger charge is -2.15. The first-order valence-corrected chi connectivity index (χ1v) is 6.58. The van der Waals surface area contributed by atoms with Gasteiger partial charge in [-0.25, -0.2) is 4.39 Å². The number of aryl methyl sites for hydroxylation is 1. The van der Waals surface area contributed by atoms with Crippen LogP contribution in [0.2, 0.25) is 0 Å². The highest BCUT2D eigenvalue weighted by atomic mass is 19.1. The highest BCUT2D eigenvalue weighted by molar-refractivity contribution is 5.36. The quantitative estimate of drug-likeness (QED) is 0.859. The monoisotopic (exact) mass is 244 g/mol. The summed E-state index contributed by atoms with van der Waals surface area (Å²) in [6, 6.07) is 6.98. The van der Waals surface area contributed by atoms with E-state index in [0.29, 0.717) is 0 Å². The second-order valence-corrected chi connectivity index (χ2v) is 5.02. The molecule has 1 aliphatic carbocycles. The van der Waals surface area contributed by atoms with E-state index in [1.54, 1.807) is 6.07 Å². The number of rotatable bonds is 2. The van der Waals surface area contributed by atoms with Crippen LogP contribution < -0.4 is 0 Å². The summed E-state index contributed by atoms with van der Waals surface area (Å²) < 4.78 is 13.8. The molecular weight excluding hydrogens is 227 g/mol. The van der Waals surface area contributed by atoms with Crippen LogP contribution >= 0.6 is 0 Å². The van der Waals surface area contributed by atoms with Crippen LogP contribution in [0.25, 0.3) is 0 Å². The van der Waals surface area contributed by atoms with Crippen molar-refractivity contribution in [3.05, 3.63) is 52.6 Å². The fraction of sp³-hybridized carbons (Fsp3) is 0.400. The summed E-state index contributed by atoms with van der Waals surface area (Å²) in [5.41, 5.74) is 4.32. The van der Waals surface area contributed by atoms with E-state index in [2.05, 4.69) is 10.2 Å². The zero-order chi connectivity index (χ0) is 12.5. The van der Waals surface area contributed by atoms with Crippen LogP contribution in [0.15, 0.2) is 24.3 Å². The van der Waals surface area contributed by atoms with Gasteiger partial charge in [-0.15, -0.1) is 0 Å². The average molecular weight is 244 g/mol. The molecule has 3 rings (SSSR count). The number of halogens is 1. The van der Waals surface area contributed by atoms with Crippen molar-refractivity contribution in [1.29, 1.82) is 0 Å². The van der Waals surface area contributed by atoms with Crippen molar-refractivity contribution in [2.45, 2.75) is 38.5 Å². The Bertz CT molecular complexity index is 559. The predicted octanol–water partition coefficient (Wildman–Crippen LogP) is 3.58. The Labute approximate surface area is 106 Å². The summed E-state index contributed by atoms with van der Waals surface area (Å²) in [5.74, 6) is -0.123. The standard InChI is InChI=1S/C15H17FN2/c1-10(11-6-2-4-8-13(11)16)15-12-7-3-5-9-14(12)17-18-15/h2,4,6,8,10H,3,5,7,9H2,1H3,(H,17,18). The molecule has 2 nitrogen and oxygen atoms in total. The maximum Gasteiger partial charge on any atom is 0.127 e. The molecule has 0 amide bonds. The van der Waals surface area contributed by atoms with Crippen LogP contribution in [0.4, 0.5) is 4.39 Å². The molecular formula is C15H17FN2. The first kappa shape index (κ1) is 11.5. The lowest BCUT2D eigenvalue weighted by molar-refractivity contribution is 0.599. The third-order valence-corrected chi connectivity index (χ3v) is 3.87. The fourth-order valence-electron chi connectivity index (χ4n) is 2.84. The molecule has 0 bridgehead atoms. The van der Waals surface area contributed by atoms with E-state index in [1.165, 1.54) is 30.2 Å². The van der Waals surface area contributed by atoms with Crippen LogP contribution in [0.3, 0.4) is 0 Å². The Kier molecular flexibility index (Phi) is 2.90. The Hall–Kier alpha value is -1.64. The molecule has 0 saturated carbocycles. The van der Waals surface area contributed by atoms with E-state index in [1.807, 2.05) is 19.1 Å². The van der Waals surface area contributed by atoms with Crippen LogP contribution in [-0.4, -0.2) is 10.2 Å². The van der Waals surface area contributed by atoms with Crippen LogP contribution in [0.1, 0.15) is 48.2 Å². The van der Waals surface area contributed by atoms with Crippen molar-refractivity contribution in [3.63, 3.8) is 0 Å². The van der Waals surface area contributed by atoms with Gasteiger partial charge in [0.1, 0.15) is 5.82 Å². The first-order chi connectivity index (χ1) is 8.77. The largest absolute Gasteiger partial charge is 0.282 e. The molecule has 0 aliphatic heterocycles. The summed E-state index contributed by atoms with van der Waals surface area (Å²) in [7, 11) is 0. The van der Waals surface area contributed by atoms with Gasteiger partial charge in [-0.05, 0) is 42.9 Å². The lowest BCUT2D eigenvalue weighted by Crippen LogP contribution is -2.06. The minimum absolute atomic E-state index is 0.0179. The number of H-pyrrole nitrogens is 1. The van der Waals surface area contributed by atoms with Crippen molar-refractivity contribution in [3.8, 4) is 0 Å². The van der Waals surface area contributed by atoms with E-state index >= 15 is 0 Å². The number of hydrogen-bond donors (Lipinski definition) is 1. The van der Waals surface area contributed by atoms with E-state index in [0.717, 1.165) is 24.1 Å². The molecule has 94 valence electrons. The van der Waals surface area contributed by atoms with Gasteiger partial charge in [-0.3, -0.25) is 5.10 Å². The second-order valence-electron chi connectivity index (χ2n) is 5.02. The lowest BCUT2D eigenvalue weighted by atomic mass is 9.89. The van der Waals surface area contributed by atoms with E-state index in [4.69, 9.17) is 0 Å². The molecule has 18 heavy (non-hydrogen) atoms. The number of hydrogen-bond acceptors (Lipinski definition) is 1. The van der Waals surface area contributed by atoms with Crippen LogP contribution in [0.5, 0.6) is 0 Å². The molecule has 1 aromatic heterocycles. The highest BCUT2D eigenvalue weighted by Crippen LogP contribution is 2.31. The highest BCUT2D eigenvalue weighted by Gasteiger charge is 2.23. The molecule has 1 aromatic carbocycles.